The zero-order chi connectivity index (χ0) is 13.1. The molecule has 0 radical (unpaired) electrons. The molecular weight excluding hydrogens is 228 g/mol. The van der Waals surface area contributed by atoms with Gasteiger partial charge in [0.2, 0.25) is 0 Å². The Hall–Kier alpha value is 0.290. The van der Waals surface area contributed by atoms with Gasteiger partial charge in [0.1, 0.15) is 0 Å². The number of unbranched alkanes of at least 4 members (excludes halogenated alkanes) is 5. The average molecular weight is 261 g/mol. The van der Waals surface area contributed by atoms with Gasteiger partial charge in [-0.1, -0.05) is 65.7 Å². The van der Waals surface area contributed by atoms with Crippen molar-refractivity contribution in [3.63, 3.8) is 0 Å². The second-order valence-electron chi connectivity index (χ2n) is 5.59. The molecule has 0 bridgehead atoms. The van der Waals surface area contributed by atoms with Crippen LogP contribution in [0.1, 0.15) is 85.5 Å². The lowest BCUT2D eigenvalue weighted by Gasteiger charge is -1.98. The molecule has 1 saturated carbocycles. The Kier molecular flexibility index (Phi) is 11.6. The summed E-state index contributed by atoms with van der Waals surface area (Å²) in [5.74, 6) is 1.99. The normalized spacial score (nSPS) is 23.8. The molecule has 1 aliphatic rings. The van der Waals surface area contributed by atoms with Gasteiger partial charge in [0, 0.05) is 5.38 Å². The molecule has 0 nitrogen and oxygen atoms in total. The van der Waals surface area contributed by atoms with Crippen LogP contribution >= 0.6 is 11.6 Å². The molecule has 0 amide bonds. The highest BCUT2D eigenvalue weighted by Gasteiger charge is 2.35. The zero-order valence-electron chi connectivity index (χ0n) is 12.5. The molecule has 0 aromatic heterocycles. The Morgan fingerprint density at radius 3 is 1.76 bits per heavy atom. The van der Waals surface area contributed by atoms with Crippen LogP contribution in [0.2, 0.25) is 0 Å². The van der Waals surface area contributed by atoms with Crippen molar-refractivity contribution in [3.8, 4) is 0 Å². The summed E-state index contributed by atoms with van der Waals surface area (Å²) in [5.41, 5.74) is 0. The highest BCUT2D eigenvalue weighted by Crippen LogP contribution is 2.44. The van der Waals surface area contributed by atoms with E-state index in [0.717, 1.165) is 11.8 Å². The molecule has 0 heterocycles. The Morgan fingerprint density at radius 1 is 0.941 bits per heavy atom. The van der Waals surface area contributed by atoms with Crippen molar-refractivity contribution in [1.29, 1.82) is 0 Å². The van der Waals surface area contributed by atoms with Gasteiger partial charge in [-0.15, -0.1) is 11.6 Å². The van der Waals surface area contributed by atoms with Gasteiger partial charge in [-0.3, -0.25) is 0 Å². The van der Waals surface area contributed by atoms with Crippen LogP contribution in [0.5, 0.6) is 0 Å². The third-order valence-corrected chi connectivity index (χ3v) is 3.86. The van der Waals surface area contributed by atoms with Crippen LogP contribution in [0.25, 0.3) is 0 Å². The maximum absolute atomic E-state index is 5.84. The molecule has 3 atom stereocenters. The van der Waals surface area contributed by atoms with Gasteiger partial charge >= 0.3 is 0 Å². The first-order chi connectivity index (χ1) is 8.15. The molecular formula is C16H33Cl. The van der Waals surface area contributed by atoms with Crippen molar-refractivity contribution < 1.29 is 0 Å². The number of rotatable bonds is 8. The lowest BCUT2D eigenvalue weighted by molar-refractivity contribution is 0.624. The van der Waals surface area contributed by atoms with Crippen molar-refractivity contribution in [1.82, 2.24) is 0 Å². The summed E-state index contributed by atoms with van der Waals surface area (Å²) in [6.07, 6.45) is 12.5. The first-order valence-corrected chi connectivity index (χ1v) is 8.23. The number of alkyl halides is 1. The minimum Gasteiger partial charge on any atom is -0.123 e. The lowest BCUT2D eigenvalue weighted by Crippen LogP contribution is -1.92. The second-order valence-corrected chi connectivity index (χ2v) is 6.34. The van der Waals surface area contributed by atoms with E-state index in [1.54, 1.807) is 0 Å². The third-order valence-electron chi connectivity index (χ3n) is 3.68. The molecule has 1 rings (SSSR count). The smallest absolute Gasteiger partial charge is 0.0310 e. The summed E-state index contributed by atoms with van der Waals surface area (Å²) in [7, 11) is 0. The monoisotopic (exact) mass is 260 g/mol. The molecule has 0 spiro atoms. The van der Waals surface area contributed by atoms with Crippen LogP contribution in [-0.4, -0.2) is 5.38 Å². The summed E-state index contributed by atoms with van der Waals surface area (Å²) < 4.78 is 0. The molecule has 0 N–H and O–H groups in total. The molecule has 0 aromatic carbocycles. The largest absolute Gasteiger partial charge is 0.123 e. The maximum atomic E-state index is 5.84. The average Bonchev–Trinajstić information content (AvgIpc) is 3.03. The van der Waals surface area contributed by atoms with Gasteiger partial charge in [0.15, 0.2) is 0 Å². The van der Waals surface area contributed by atoms with Gasteiger partial charge in [-0.25, -0.2) is 0 Å². The summed E-state index contributed by atoms with van der Waals surface area (Å²) in [5, 5.41) is 0.395. The fourth-order valence-corrected chi connectivity index (χ4v) is 2.60. The predicted molar refractivity (Wildman–Crippen MR) is 80.9 cm³/mol. The van der Waals surface area contributed by atoms with E-state index >= 15 is 0 Å². The van der Waals surface area contributed by atoms with E-state index in [1.807, 2.05) is 0 Å². The van der Waals surface area contributed by atoms with Crippen molar-refractivity contribution >= 4 is 11.6 Å². The van der Waals surface area contributed by atoms with E-state index in [0.29, 0.717) is 5.38 Å². The molecule has 17 heavy (non-hydrogen) atoms. The molecule has 3 unspecified atom stereocenters. The van der Waals surface area contributed by atoms with Crippen molar-refractivity contribution in [2.75, 3.05) is 0 Å². The Bertz CT molecular complexity index is 148. The molecule has 104 valence electrons. The second kappa shape index (κ2) is 11.4. The van der Waals surface area contributed by atoms with E-state index < -0.39 is 0 Å². The molecule has 0 aliphatic heterocycles. The topological polar surface area (TPSA) is 0 Å². The summed E-state index contributed by atoms with van der Waals surface area (Å²) >= 11 is 5.84. The Labute approximate surface area is 115 Å². The van der Waals surface area contributed by atoms with Crippen molar-refractivity contribution in [3.05, 3.63) is 0 Å². The van der Waals surface area contributed by atoms with Crippen LogP contribution in [0.4, 0.5) is 0 Å². The van der Waals surface area contributed by atoms with Gasteiger partial charge in [0.05, 0.1) is 0 Å². The van der Waals surface area contributed by atoms with E-state index in [1.165, 1.54) is 57.8 Å². The highest BCUT2D eigenvalue weighted by atomic mass is 35.5. The minimum atomic E-state index is 0.395. The molecule has 0 saturated heterocycles. The van der Waals surface area contributed by atoms with Crippen LogP contribution in [0.15, 0.2) is 0 Å². The van der Waals surface area contributed by atoms with Gasteiger partial charge < -0.3 is 0 Å². The maximum Gasteiger partial charge on any atom is 0.0310 e. The number of hydrogen-bond donors (Lipinski definition) is 0. The van der Waals surface area contributed by atoms with Gasteiger partial charge in [0.25, 0.3) is 0 Å². The van der Waals surface area contributed by atoms with E-state index in [-0.39, 0.29) is 0 Å². The molecule has 1 aliphatic carbocycles. The Morgan fingerprint density at radius 2 is 1.47 bits per heavy atom. The van der Waals surface area contributed by atoms with Crippen LogP contribution in [0, 0.1) is 11.8 Å². The minimum absolute atomic E-state index is 0.395. The van der Waals surface area contributed by atoms with Crippen LogP contribution < -0.4 is 0 Å². The fraction of sp³-hybridized carbons (Fsp3) is 1.00. The molecule has 1 heteroatoms. The standard InChI is InChI=1S/C8H15Cl.C8H18/c1-3-7-5-8(7)4-6(2)9;1-3-5-7-8-6-4-2/h6-8H,3-5H2,1-2H3;3-8H2,1-2H3. The van der Waals surface area contributed by atoms with E-state index in [9.17, 15) is 0 Å². The SMILES string of the molecule is CCC1CC1CC(C)Cl.CCCCCCCC. The van der Waals surface area contributed by atoms with E-state index in [2.05, 4.69) is 27.7 Å². The van der Waals surface area contributed by atoms with Crippen LogP contribution in [0.3, 0.4) is 0 Å². The van der Waals surface area contributed by atoms with Crippen molar-refractivity contribution in [2.24, 2.45) is 11.8 Å². The quantitative estimate of drug-likeness (QED) is 0.349. The Balaban J connectivity index is 0.000000304. The summed E-state index contributed by atoms with van der Waals surface area (Å²) in [4.78, 5) is 0. The summed E-state index contributed by atoms with van der Waals surface area (Å²) in [6, 6.07) is 0. The molecule has 0 aromatic rings. The van der Waals surface area contributed by atoms with Crippen molar-refractivity contribution in [2.45, 2.75) is 90.9 Å². The van der Waals surface area contributed by atoms with E-state index in [4.69, 9.17) is 11.6 Å². The fourth-order valence-electron chi connectivity index (χ4n) is 2.37. The lowest BCUT2D eigenvalue weighted by atomic mass is 10.1. The highest BCUT2D eigenvalue weighted by molar-refractivity contribution is 6.20. The first-order valence-electron chi connectivity index (χ1n) is 7.79. The third kappa shape index (κ3) is 11.1. The first kappa shape index (κ1) is 17.3. The number of halogens is 1. The van der Waals surface area contributed by atoms with Gasteiger partial charge in [-0.05, 0) is 31.6 Å². The summed E-state index contributed by atoms with van der Waals surface area (Å²) in [6.45, 7) is 8.87. The predicted octanol–water partition coefficient (Wildman–Crippen LogP) is 6.42. The molecule has 1 fully saturated rings. The number of hydrogen-bond acceptors (Lipinski definition) is 0. The zero-order valence-corrected chi connectivity index (χ0v) is 13.2. The van der Waals surface area contributed by atoms with Crippen LogP contribution in [-0.2, 0) is 0 Å². The van der Waals surface area contributed by atoms with Gasteiger partial charge in [-0.2, -0.15) is 0 Å².